The Morgan fingerprint density at radius 2 is 1.95 bits per heavy atom. The Bertz CT molecular complexity index is 558. The molecule has 0 saturated heterocycles. The first-order valence-corrected chi connectivity index (χ1v) is 8.29. The lowest BCUT2D eigenvalue weighted by atomic mass is 10.1. The van der Waals surface area contributed by atoms with Gasteiger partial charge in [-0.3, -0.25) is 0 Å². The first kappa shape index (κ1) is 15.1. The molecule has 0 amide bonds. The smallest absolute Gasteiger partial charge is 0.186 e. The van der Waals surface area contributed by atoms with Crippen molar-refractivity contribution in [2.45, 2.75) is 46.6 Å². The van der Waals surface area contributed by atoms with E-state index in [2.05, 4.69) is 32.6 Å². The van der Waals surface area contributed by atoms with Crippen molar-refractivity contribution >= 4 is 32.4 Å². The molecule has 110 valence electrons. The van der Waals surface area contributed by atoms with Gasteiger partial charge in [-0.15, -0.1) is 0 Å². The number of hydrogen-bond acceptors (Lipinski definition) is 4. The minimum Gasteiger partial charge on any atom is -0.399 e. The molecule has 20 heavy (non-hydrogen) atoms. The van der Waals surface area contributed by atoms with Crippen molar-refractivity contribution in [3.05, 3.63) is 18.2 Å². The molecule has 2 rings (SSSR count). The van der Waals surface area contributed by atoms with E-state index in [1.165, 1.54) is 4.70 Å². The summed E-state index contributed by atoms with van der Waals surface area (Å²) in [5.41, 5.74) is 7.73. The maximum atomic E-state index is 5.87. The largest absolute Gasteiger partial charge is 0.399 e. The number of aromatic nitrogens is 1. The summed E-state index contributed by atoms with van der Waals surface area (Å²) in [5.74, 6) is 0.632. The highest BCUT2D eigenvalue weighted by atomic mass is 32.1. The van der Waals surface area contributed by atoms with Crippen molar-refractivity contribution in [2.75, 3.05) is 17.2 Å². The molecule has 0 aliphatic rings. The van der Waals surface area contributed by atoms with Gasteiger partial charge in [0.25, 0.3) is 0 Å². The maximum Gasteiger partial charge on any atom is 0.186 e. The molecule has 1 aromatic heterocycles. The van der Waals surface area contributed by atoms with Crippen LogP contribution >= 0.6 is 11.3 Å². The molecule has 2 aromatic rings. The van der Waals surface area contributed by atoms with Crippen LogP contribution in [0.4, 0.5) is 10.8 Å². The maximum absolute atomic E-state index is 5.87. The predicted octanol–water partition coefficient (Wildman–Crippen LogP) is 4.53. The van der Waals surface area contributed by atoms with Crippen molar-refractivity contribution in [1.29, 1.82) is 0 Å². The first-order chi connectivity index (χ1) is 9.55. The molecule has 0 aliphatic carbocycles. The molecule has 0 spiro atoms. The summed E-state index contributed by atoms with van der Waals surface area (Å²) in [4.78, 5) is 7.29. The van der Waals surface area contributed by atoms with Crippen molar-refractivity contribution < 1.29 is 0 Å². The van der Waals surface area contributed by atoms with E-state index in [1.54, 1.807) is 11.3 Å². The fourth-order valence-corrected chi connectivity index (χ4v) is 3.65. The van der Waals surface area contributed by atoms with E-state index < -0.39 is 0 Å². The molecular formula is C16H25N3S. The number of nitrogens with two attached hydrogens (primary N) is 1. The SMILES string of the molecule is CCC(CC)N(CC(C)C)c1nc2ccc(N)cc2s1. The summed E-state index contributed by atoms with van der Waals surface area (Å²) < 4.78 is 1.18. The average molecular weight is 291 g/mol. The normalized spacial score (nSPS) is 11.7. The summed E-state index contributed by atoms with van der Waals surface area (Å²) in [6.07, 6.45) is 2.31. The van der Waals surface area contributed by atoms with Crippen molar-refractivity contribution in [3.63, 3.8) is 0 Å². The molecule has 2 N–H and O–H groups in total. The van der Waals surface area contributed by atoms with Gasteiger partial charge in [0, 0.05) is 18.3 Å². The number of thiazole rings is 1. The summed E-state index contributed by atoms with van der Waals surface area (Å²) in [6, 6.07) is 6.54. The Morgan fingerprint density at radius 3 is 2.55 bits per heavy atom. The second-order valence-corrected chi connectivity index (χ2v) is 6.75. The molecule has 0 saturated carbocycles. The van der Waals surface area contributed by atoms with E-state index in [9.17, 15) is 0 Å². The molecule has 0 fully saturated rings. The number of benzene rings is 1. The number of fused-ring (bicyclic) bond motifs is 1. The minimum absolute atomic E-state index is 0.565. The van der Waals surface area contributed by atoms with Gasteiger partial charge in [0.15, 0.2) is 5.13 Å². The zero-order valence-corrected chi connectivity index (χ0v) is 13.7. The van der Waals surface area contributed by atoms with Crippen LogP contribution in [0.2, 0.25) is 0 Å². The lowest BCUT2D eigenvalue weighted by Gasteiger charge is -2.31. The Labute approximate surface area is 125 Å². The van der Waals surface area contributed by atoms with Gasteiger partial charge >= 0.3 is 0 Å². The second-order valence-electron chi connectivity index (χ2n) is 5.74. The van der Waals surface area contributed by atoms with Crippen LogP contribution in [0, 0.1) is 5.92 Å². The van der Waals surface area contributed by atoms with Gasteiger partial charge in [-0.2, -0.15) is 0 Å². The van der Waals surface area contributed by atoms with Gasteiger partial charge in [-0.05, 0) is 37.0 Å². The van der Waals surface area contributed by atoms with Gasteiger partial charge in [-0.1, -0.05) is 39.0 Å². The van der Waals surface area contributed by atoms with Crippen LogP contribution in [0.25, 0.3) is 10.2 Å². The van der Waals surface area contributed by atoms with E-state index in [4.69, 9.17) is 10.7 Å². The Balaban J connectivity index is 2.39. The highest BCUT2D eigenvalue weighted by molar-refractivity contribution is 7.22. The molecule has 1 heterocycles. The number of anilines is 2. The highest BCUT2D eigenvalue weighted by Crippen LogP contribution is 2.32. The summed E-state index contributed by atoms with van der Waals surface area (Å²) in [7, 11) is 0. The second kappa shape index (κ2) is 6.44. The average Bonchev–Trinajstić information content (AvgIpc) is 2.81. The number of rotatable bonds is 6. The Morgan fingerprint density at radius 1 is 1.25 bits per heavy atom. The molecule has 0 unspecified atom stereocenters. The third-order valence-corrected chi connectivity index (χ3v) is 4.65. The van der Waals surface area contributed by atoms with Crippen LogP contribution in [0.1, 0.15) is 40.5 Å². The standard InChI is InChI=1S/C16H25N3S/c1-5-13(6-2)19(10-11(3)4)16-18-14-8-7-12(17)9-15(14)20-16/h7-9,11,13H,5-6,10,17H2,1-4H3. The van der Waals surface area contributed by atoms with Crippen LogP contribution in [0.3, 0.4) is 0 Å². The molecule has 1 aromatic carbocycles. The van der Waals surface area contributed by atoms with Crippen LogP contribution in [-0.4, -0.2) is 17.6 Å². The number of nitrogen functional groups attached to an aromatic ring is 1. The molecule has 4 heteroatoms. The quantitative estimate of drug-likeness (QED) is 0.795. The molecule has 0 atom stereocenters. The van der Waals surface area contributed by atoms with E-state index in [0.717, 1.165) is 35.7 Å². The number of hydrogen-bond donors (Lipinski definition) is 1. The van der Waals surface area contributed by atoms with E-state index in [1.807, 2.05) is 18.2 Å². The van der Waals surface area contributed by atoms with Gasteiger partial charge < -0.3 is 10.6 Å². The van der Waals surface area contributed by atoms with Crippen molar-refractivity contribution in [2.24, 2.45) is 5.92 Å². The lowest BCUT2D eigenvalue weighted by Crippen LogP contribution is -2.37. The third kappa shape index (κ3) is 3.23. The molecule has 3 nitrogen and oxygen atoms in total. The van der Waals surface area contributed by atoms with Crippen LogP contribution in [0.15, 0.2) is 18.2 Å². The third-order valence-electron chi connectivity index (χ3n) is 3.59. The van der Waals surface area contributed by atoms with E-state index in [0.29, 0.717) is 12.0 Å². The summed E-state index contributed by atoms with van der Waals surface area (Å²) in [6.45, 7) is 10.1. The predicted molar refractivity (Wildman–Crippen MR) is 90.6 cm³/mol. The van der Waals surface area contributed by atoms with Crippen LogP contribution < -0.4 is 10.6 Å². The zero-order valence-electron chi connectivity index (χ0n) is 12.9. The Hall–Kier alpha value is -1.29. The fraction of sp³-hybridized carbons (Fsp3) is 0.562. The highest BCUT2D eigenvalue weighted by Gasteiger charge is 2.20. The van der Waals surface area contributed by atoms with Crippen LogP contribution in [0.5, 0.6) is 0 Å². The van der Waals surface area contributed by atoms with Gasteiger partial charge in [0.2, 0.25) is 0 Å². The first-order valence-electron chi connectivity index (χ1n) is 7.47. The van der Waals surface area contributed by atoms with Gasteiger partial charge in [0.05, 0.1) is 10.2 Å². The number of nitrogens with zero attached hydrogens (tertiary/aromatic N) is 2. The lowest BCUT2D eigenvalue weighted by molar-refractivity contribution is 0.507. The minimum atomic E-state index is 0.565. The van der Waals surface area contributed by atoms with Gasteiger partial charge in [-0.25, -0.2) is 4.98 Å². The molecule has 0 aliphatic heterocycles. The van der Waals surface area contributed by atoms with Gasteiger partial charge in [0.1, 0.15) is 0 Å². The molecule has 0 bridgehead atoms. The van der Waals surface area contributed by atoms with Crippen molar-refractivity contribution in [3.8, 4) is 0 Å². The van der Waals surface area contributed by atoms with E-state index >= 15 is 0 Å². The van der Waals surface area contributed by atoms with Crippen molar-refractivity contribution in [1.82, 2.24) is 4.98 Å². The molecular weight excluding hydrogens is 266 g/mol. The van der Waals surface area contributed by atoms with E-state index in [-0.39, 0.29) is 0 Å². The summed E-state index contributed by atoms with van der Waals surface area (Å²) >= 11 is 1.76. The Kier molecular flexibility index (Phi) is 4.86. The van der Waals surface area contributed by atoms with Crippen LogP contribution in [-0.2, 0) is 0 Å². The zero-order chi connectivity index (χ0) is 14.7. The molecule has 0 radical (unpaired) electrons. The topological polar surface area (TPSA) is 42.2 Å². The summed E-state index contributed by atoms with van der Waals surface area (Å²) in [5, 5.41) is 1.13. The monoisotopic (exact) mass is 291 g/mol. The fourth-order valence-electron chi connectivity index (χ4n) is 2.56.